The summed E-state index contributed by atoms with van der Waals surface area (Å²) in [7, 11) is 0. The summed E-state index contributed by atoms with van der Waals surface area (Å²) in [5, 5.41) is 8.95. The minimum absolute atomic E-state index is 0.112. The fourth-order valence-electron chi connectivity index (χ4n) is 1.12. The van der Waals surface area contributed by atoms with E-state index in [1.54, 1.807) is 6.07 Å². The Morgan fingerprint density at radius 1 is 1.47 bits per heavy atom. The van der Waals surface area contributed by atoms with Crippen LogP contribution in [0, 0.1) is 5.41 Å². The molecule has 0 spiro atoms. The third kappa shape index (κ3) is 4.61. The van der Waals surface area contributed by atoms with Crippen molar-refractivity contribution in [3.05, 3.63) is 22.8 Å². The van der Waals surface area contributed by atoms with E-state index < -0.39 is 5.97 Å². The minimum atomic E-state index is -1.16. The average Bonchev–Trinajstić information content (AvgIpc) is 2.18. The lowest BCUT2D eigenvalue weighted by Crippen LogP contribution is -2.12. The van der Waals surface area contributed by atoms with E-state index in [1.165, 1.54) is 6.07 Å². The van der Waals surface area contributed by atoms with E-state index in [-0.39, 0.29) is 22.0 Å². The monoisotopic (exact) mass is 257 g/mol. The smallest absolute Gasteiger partial charge is 0.356 e. The first-order valence-corrected chi connectivity index (χ1v) is 5.70. The molecule has 17 heavy (non-hydrogen) atoms. The highest BCUT2D eigenvalue weighted by molar-refractivity contribution is 6.33. The van der Waals surface area contributed by atoms with Gasteiger partial charge in [0, 0.05) is 6.07 Å². The molecular formula is C12H16ClNO3. The first-order chi connectivity index (χ1) is 7.79. The fraction of sp³-hybridized carbons (Fsp3) is 0.500. The van der Waals surface area contributed by atoms with Crippen LogP contribution in [-0.2, 0) is 0 Å². The van der Waals surface area contributed by atoms with Crippen LogP contribution in [0.25, 0.3) is 0 Å². The molecule has 0 radical (unpaired) electrons. The highest BCUT2D eigenvalue weighted by Gasteiger charge is 2.13. The predicted octanol–water partition coefficient (Wildman–Crippen LogP) is 3.25. The molecule has 0 aliphatic carbocycles. The van der Waals surface area contributed by atoms with E-state index in [2.05, 4.69) is 25.8 Å². The van der Waals surface area contributed by atoms with Gasteiger partial charge in [-0.15, -0.1) is 0 Å². The van der Waals surface area contributed by atoms with Gasteiger partial charge in [0.15, 0.2) is 5.69 Å². The molecule has 1 N–H and O–H groups in total. The summed E-state index contributed by atoms with van der Waals surface area (Å²) in [6.07, 6.45) is 0.861. The summed E-state index contributed by atoms with van der Waals surface area (Å²) >= 11 is 5.70. The van der Waals surface area contributed by atoms with Crippen molar-refractivity contribution in [3.8, 4) is 5.88 Å². The SMILES string of the molecule is CC(C)(C)CCOc1ccc(Cl)c(C(=O)O)n1. The molecule has 1 aromatic rings. The van der Waals surface area contributed by atoms with E-state index in [1.807, 2.05) is 0 Å². The van der Waals surface area contributed by atoms with Crippen LogP contribution in [0.3, 0.4) is 0 Å². The van der Waals surface area contributed by atoms with Crippen molar-refractivity contribution in [1.29, 1.82) is 0 Å². The molecule has 1 aromatic heterocycles. The number of ether oxygens (including phenoxy) is 1. The maximum atomic E-state index is 10.8. The van der Waals surface area contributed by atoms with Gasteiger partial charge in [0.25, 0.3) is 0 Å². The highest BCUT2D eigenvalue weighted by atomic mass is 35.5. The zero-order valence-corrected chi connectivity index (χ0v) is 10.9. The summed E-state index contributed by atoms with van der Waals surface area (Å²) in [6.45, 7) is 6.81. The van der Waals surface area contributed by atoms with Gasteiger partial charge in [0.2, 0.25) is 5.88 Å². The second kappa shape index (κ2) is 5.36. The van der Waals surface area contributed by atoms with Crippen molar-refractivity contribution in [3.63, 3.8) is 0 Å². The number of halogens is 1. The fourth-order valence-corrected chi connectivity index (χ4v) is 1.30. The van der Waals surface area contributed by atoms with Gasteiger partial charge >= 0.3 is 5.97 Å². The molecule has 1 heterocycles. The number of aromatic carboxylic acids is 1. The van der Waals surface area contributed by atoms with Crippen molar-refractivity contribution in [2.75, 3.05) is 6.61 Å². The largest absolute Gasteiger partial charge is 0.478 e. The Kier molecular flexibility index (Phi) is 4.34. The third-order valence-electron chi connectivity index (χ3n) is 2.13. The first kappa shape index (κ1) is 13.8. The van der Waals surface area contributed by atoms with Crippen LogP contribution in [0.15, 0.2) is 12.1 Å². The van der Waals surface area contributed by atoms with E-state index in [4.69, 9.17) is 21.4 Å². The number of carbonyl (C=O) groups is 1. The number of aromatic nitrogens is 1. The molecule has 0 saturated heterocycles. The Hall–Kier alpha value is -1.29. The van der Waals surface area contributed by atoms with Crippen molar-refractivity contribution in [1.82, 2.24) is 4.98 Å². The van der Waals surface area contributed by atoms with Crippen molar-refractivity contribution >= 4 is 17.6 Å². The summed E-state index contributed by atoms with van der Waals surface area (Å²) in [4.78, 5) is 14.6. The molecule has 0 bridgehead atoms. The number of hydrogen-bond donors (Lipinski definition) is 1. The Labute approximate surface area is 106 Å². The summed E-state index contributed by atoms with van der Waals surface area (Å²) in [5.41, 5.74) is -0.0119. The number of carboxylic acid groups (broad SMARTS) is 1. The number of carboxylic acids is 1. The summed E-state index contributed by atoms with van der Waals surface area (Å²) in [6, 6.07) is 3.04. The van der Waals surface area contributed by atoms with Crippen molar-refractivity contribution in [2.24, 2.45) is 5.41 Å². The zero-order valence-electron chi connectivity index (χ0n) is 10.2. The zero-order chi connectivity index (χ0) is 13.1. The quantitative estimate of drug-likeness (QED) is 0.900. The lowest BCUT2D eigenvalue weighted by molar-refractivity contribution is 0.0689. The van der Waals surface area contributed by atoms with E-state index in [0.29, 0.717) is 6.61 Å². The number of nitrogens with zero attached hydrogens (tertiary/aromatic N) is 1. The third-order valence-corrected chi connectivity index (χ3v) is 2.43. The molecule has 5 heteroatoms. The number of rotatable bonds is 4. The summed E-state index contributed by atoms with van der Waals surface area (Å²) in [5.74, 6) is -0.868. The molecule has 0 saturated carbocycles. The molecule has 94 valence electrons. The number of pyridine rings is 1. The number of hydrogen-bond acceptors (Lipinski definition) is 3. The standard InChI is InChI=1S/C12H16ClNO3/c1-12(2,3)6-7-17-9-5-4-8(13)10(14-9)11(15)16/h4-5H,6-7H2,1-3H3,(H,15,16). The van der Waals surface area contributed by atoms with Crippen LogP contribution in [0.4, 0.5) is 0 Å². The molecule has 4 nitrogen and oxygen atoms in total. The van der Waals surface area contributed by atoms with Crippen LogP contribution in [0.5, 0.6) is 5.88 Å². The van der Waals surface area contributed by atoms with E-state index in [0.717, 1.165) is 6.42 Å². The van der Waals surface area contributed by atoms with Gasteiger partial charge in [0.05, 0.1) is 11.6 Å². The van der Waals surface area contributed by atoms with Crippen molar-refractivity contribution < 1.29 is 14.6 Å². The molecule has 1 rings (SSSR count). The molecule has 0 aliphatic rings. The average molecular weight is 258 g/mol. The summed E-state index contributed by atoms with van der Waals surface area (Å²) < 4.78 is 5.39. The Morgan fingerprint density at radius 3 is 2.65 bits per heavy atom. The van der Waals surface area contributed by atoms with Gasteiger partial charge in [-0.1, -0.05) is 32.4 Å². The lowest BCUT2D eigenvalue weighted by Gasteiger charge is -2.17. The van der Waals surface area contributed by atoms with Gasteiger partial charge in [-0.25, -0.2) is 9.78 Å². The normalized spacial score (nSPS) is 11.3. The Morgan fingerprint density at radius 2 is 2.12 bits per heavy atom. The van der Waals surface area contributed by atoms with E-state index in [9.17, 15) is 4.79 Å². The Bertz CT molecular complexity index is 413. The maximum Gasteiger partial charge on any atom is 0.356 e. The van der Waals surface area contributed by atoms with Crippen LogP contribution in [-0.4, -0.2) is 22.7 Å². The van der Waals surface area contributed by atoms with Gasteiger partial charge in [-0.2, -0.15) is 0 Å². The van der Waals surface area contributed by atoms with Gasteiger partial charge in [0.1, 0.15) is 0 Å². The second-order valence-corrected chi connectivity index (χ2v) is 5.35. The second-order valence-electron chi connectivity index (χ2n) is 4.94. The molecule has 0 unspecified atom stereocenters. The molecular weight excluding hydrogens is 242 g/mol. The van der Waals surface area contributed by atoms with Crippen LogP contribution in [0.2, 0.25) is 5.02 Å². The van der Waals surface area contributed by atoms with Gasteiger partial charge in [-0.05, 0) is 17.9 Å². The minimum Gasteiger partial charge on any atom is -0.478 e. The lowest BCUT2D eigenvalue weighted by atomic mass is 9.93. The predicted molar refractivity (Wildman–Crippen MR) is 65.8 cm³/mol. The topological polar surface area (TPSA) is 59.4 Å². The van der Waals surface area contributed by atoms with Crippen LogP contribution >= 0.6 is 11.6 Å². The molecule has 0 aliphatic heterocycles. The van der Waals surface area contributed by atoms with Gasteiger partial charge in [-0.3, -0.25) is 0 Å². The highest BCUT2D eigenvalue weighted by Crippen LogP contribution is 2.21. The maximum absolute atomic E-state index is 10.8. The Balaban J connectivity index is 2.67. The van der Waals surface area contributed by atoms with Crippen LogP contribution < -0.4 is 4.74 Å². The van der Waals surface area contributed by atoms with Crippen molar-refractivity contribution in [2.45, 2.75) is 27.2 Å². The first-order valence-electron chi connectivity index (χ1n) is 5.32. The molecule has 0 atom stereocenters. The molecule has 0 aromatic carbocycles. The van der Waals surface area contributed by atoms with Gasteiger partial charge < -0.3 is 9.84 Å². The molecule has 0 amide bonds. The van der Waals surface area contributed by atoms with Crippen LogP contribution in [0.1, 0.15) is 37.7 Å². The molecule has 0 fully saturated rings. The van der Waals surface area contributed by atoms with E-state index >= 15 is 0 Å².